The predicted molar refractivity (Wildman–Crippen MR) is 141 cm³/mol. The van der Waals surface area contributed by atoms with Crippen molar-refractivity contribution < 1.29 is 14.3 Å². The van der Waals surface area contributed by atoms with Crippen molar-refractivity contribution in [3.05, 3.63) is 96.7 Å². The number of amides is 2. The van der Waals surface area contributed by atoms with Crippen LogP contribution in [0.5, 0.6) is 0 Å². The molecule has 0 spiro atoms. The van der Waals surface area contributed by atoms with Crippen molar-refractivity contribution in [3.8, 4) is 0 Å². The van der Waals surface area contributed by atoms with E-state index in [1.807, 2.05) is 84.9 Å². The maximum absolute atomic E-state index is 14.0. The summed E-state index contributed by atoms with van der Waals surface area (Å²) in [5.41, 5.74) is 3.38. The summed E-state index contributed by atoms with van der Waals surface area (Å²) in [6.45, 7) is 0.552. The summed E-state index contributed by atoms with van der Waals surface area (Å²) in [6, 6.07) is 25.2. The molecule has 2 amide bonds. The Kier molecular flexibility index (Phi) is 7.14. The number of rotatable bonds is 9. The van der Waals surface area contributed by atoms with Gasteiger partial charge < -0.3 is 10.1 Å². The summed E-state index contributed by atoms with van der Waals surface area (Å²) < 4.78 is 6.65. The second-order valence-corrected chi connectivity index (χ2v) is 8.48. The monoisotopic (exact) mass is 494 g/mol. The van der Waals surface area contributed by atoms with Crippen molar-refractivity contribution in [1.82, 2.24) is 25.3 Å². The first-order valence-electron chi connectivity index (χ1n) is 11.9. The lowest BCUT2D eigenvalue weighted by Gasteiger charge is -2.31. The lowest BCUT2D eigenvalue weighted by atomic mass is 10.0. The van der Waals surface area contributed by atoms with Gasteiger partial charge in [-0.1, -0.05) is 65.9 Å². The molecule has 0 saturated heterocycles. The van der Waals surface area contributed by atoms with E-state index in [1.54, 1.807) is 18.0 Å². The number of fused-ring (bicyclic) bond motifs is 2. The quantitative estimate of drug-likeness (QED) is 0.315. The Balaban J connectivity index is 1.60. The van der Waals surface area contributed by atoms with E-state index in [9.17, 15) is 9.59 Å². The Labute approximate surface area is 213 Å². The fraction of sp³-hybridized carbons (Fsp3) is 0.179. The molecular weight excluding hydrogens is 468 g/mol. The number of nitrogens with zero attached hydrogens (tertiary/aromatic N) is 5. The molecule has 186 valence electrons. The summed E-state index contributed by atoms with van der Waals surface area (Å²) >= 11 is 0. The van der Waals surface area contributed by atoms with E-state index in [2.05, 4.69) is 20.6 Å². The Morgan fingerprint density at radius 1 is 0.973 bits per heavy atom. The average Bonchev–Trinajstić information content (AvgIpc) is 3.34. The topological polar surface area (TPSA) is 102 Å². The molecule has 9 heteroatoms. The van der Waals surface area contributed by atoms with Crippen LogP contribution in [0.1, 0.15) is 11.6 Å². The molecule has 0 saturated carbocycles. The largest absolute Gasteiger partial charge is 0.383 e. The van der Waals surface area contributed by atoms with E-state index in [4.69, 9.17) is 4.74 Å². The Morgan fingerprint density at radius 3 is 2.51 bits per heavy atom. The van der Waals surface area contributed by atoms with Crippen LogP contribution in [0.2, 0.25) is 0 Å². The molecule has 5 aromatic rings. The second-order valence-electron chi connectivity index (χ2n) is 8.48. The number of hydrogen-bond donors (Lipinski definition) is 1. The molecule has 9 nitrogen and oxygen atoms in total. The molecule has 0 bridgehead atoms. The molecule has 0 aliphatic rings. The predicted octanol–water partition coefficient (Wildman–Crippen LogP) is 3.52. The molecule has 5 rings (SSSR count). The number of aromatic nitrogens is 4. The van der Waals surface area contributed by atoms with E-state index in [-0.39, 0.29) is 18.4 Å². The zero-order valence-corrected chi connectivity index (χ0v) is 20.3. The van der Waals surface area contributed by atoms with Crippen molar-refractivity contribution in [3.63, 3.8) is 0 Å². The third-order valence-electron chi connectivity index (χ3n) is 6.06. The van der Waals surface area contributed by atoms with Crippen molar-refractivity contribution in [2.24, 2.45) is 0 Å². The third-order valence-corrected chi connectivity index (χ3v) is 6.06. The number of hydrogen-bond acceptors (Lipinski definition) is 6. The van der Waals surface area contributed by atoms with Crippen LogP contribution in [0.4, 0.5) is 5.69 Å². The van der Waals surface area contributed by atoms with E-state index >= 15 is 0 Å². The number of methoxy groups -OCH3 is 1. The van der Waals surface area contributed by atoms with Crippen LogP contribution in [-0.2, 0) is 20.9 Å². The van der Waals surface area contributed by atoms with Crippen LogP contribution < -0.4 is 10.2 Å². The fourth-order valence-electron chi connectivity index (χ4n) is 4.29. The minimum absolute atomic E-state index is 0.109. The van der Waals surface area contributed by atoms with E-state index in [1.165, 1.54) is 4.90 Å². The summed E-state index contributed by atoms with van der Waals surface area (Å²) in [5, 5.41) is 12.1. The van der Waals surface area contributed by atoms with Crippen molar-refractivity contribution in [1.29, 1.82) is 0 Å². The maximum atomic E-state index is 14.0. The van der Waals surface area contributed by atoms with Crippen LogP contribution >= 0.6 is 0 Å². The normalized spacial score (nSPS) is 11.9. The van der Waals surface area contributed by atoms with E-state index in [0.717, 1.165) is 16.4 Å². The number of anilines is 1. The smallest absolute Gasteiger partial charge is 0.249 e. The maximum Gasteiger partial charge on any atom is 0.249 e. The van der Waals surface area contributed by atoms with Gasteiger partial charge >= 0.3 is 0 Å². The number of nitrogens with one attached hydrogen (secondary N) is 1. The average molecular weight is 495 g/mol. The molecule has 2 heterocycles. The van der Waals surface area contributed by atoms with Gasteiger partial charge in [-0.25, -0.2) is 4.68 Å². The summed E-state index contributed by atoms with van der Waals surface area (Å²) in [4.78, 5) is 33.7. The van der Waals surface area contributed by atoms with Gasteiger partial charge in [0.05, 0.1) is 29.5 Å². The zero-order valence-electron chi connectivity index (χ0n) is 20.3. The molecule has 0 aliphatic heterocycles. The Morgan fingerprint density at radius 2 is 1.70 bits per heavy atom. The minimum atomic E-state index is -0.941. The second kappa shape index (κ2) is 11.0. The molecule has 1 N–H and O–H groups in total. The van der Waals surface area contributed by atoms with Gasteiger partial charge in [0, 0.05) is 19.0 Å². The van der Waals surface area contributed by atoms with Gasteiger partial charge in [-0.2, -0.15) is 0 Å². The highest BCUT2D eigenvalue weighted by Gasteiger charge is 2.33. The Bertz CT molecular complexity index is 1540. The summed E-state index contributed by atoms with van der Waals surface area (Å²) in [7, 11) is 1.57. The van der Waals surface area contributed by atoms with Crippen LogP contribution in [0.15, 0.2) is 91.1 Å². The van der Waals surface area contributed by atoms with E-state index < -0.39 is 6.04 Å². The van der Waals surface area contributed by atoms with Gasteiger partial charge in [0.1, 0.15) is 18.1 Å². The molecule has 0 fully saturated rings. The fourth-order valence-corrected chi connectivity index (χ4v) is 4.29. The molecule has 3 aromatic carbocycles. The number of ether oxygens (including phenoxy) is 1. The van der Waals surface area contributed by atoms with E-state index in [0.29, 0.717) is 29.9 Å². The van der Waals surface area contributed by atoms with Gasteiger partial charge in [-0.05, 0) is 29.8 Å². The lowest BCUT2D eigenvalue weighted by Crippen LogP contribution is -2.46. The van der Waals surface area contributed by atoms with Crippen molar-refractivity contribution >= 4 is 39.4 Å². The highest BCUT2D eigenvalue weighted by molar-refractivity contribution is 6.02. The van der Waals surface area contributed by atoms with Gasteiger partial charge in [0.2, 0.25) is 11.8 Å². The molecule has 37 heavy (non-hydrogen) atoms. The number of para-hydroxylation sites is 2. The van der Waals surface area contributed by atoms with Gasteiger partial charge in [-0.15, -0.1) is 5.10 Å². The first-order chi connectivity index (χ1) is 18.2. The highest BCUT2D eigenvalue weighted by atomic mass is 16.5. The number of pyridine rings is 1. The highest BCUT2D eigenvalue weighted by Crippen LogP contribution is 2.30. The third kappa shape index (κ3) is 5.17. The van der Waals surface area contributed by atoms with Crippen LogP contribution in [0, 0.1) is 0 Å². The molecule has 2 aromatic heterocycles. The first kappa shape index (κ1) is 24.1. The zero-order chi connectivity index (χ0) is 25.6. The SMILES string of the molecule is COCCNC(=O)C(c1ccccc1)N(C(=O)Cn1nnc2ccccc21)c1cnc2ccccc2c1. The molecule has 0 radical (unpaired) electrons. The number of benzene rings is 3. The van der Waals surface area contributed by atoms with Gasteiger partial charge in [0.25, 0.3) is 0 Å². The summed E-state index contributed by atoms with van der Waals surface area (Å²) in [5.74, 6) is -0.656. The molecule has 0 aliphatic carbocycles. The molecule has 1 atom stereocenters. The van der Waals surface area contributed by atoms with Crippen molar-refractivity contribution in [2.45, 2.75) is 12.6 Å². The van der Waals surface area contributed by atoms with Crippen LogP contribution in [-0.4, -0.2) is 52.1 Å². The van der Waals surface area contributed by atoms with Crippen LogP contribution in [0.3, 0.4) is 0 Å². The van der Waals surface area contributed by atoms with Gasteiger partial charge in [0.15, 0.2) is 0 Å². The molecular formula is C28H26N6O3. The Hall–Kier alpha value is -4.63. The molecule has 1 unspecified atom stereocenters. The number of carbonyl (C=O) groups excluding carboxylic acids is 2. The summed E-state index contributed by atoms with van der Waals surface area (Å²) in [6.07, 6.45) is 1.62. The standard InChI is InChI=1S/C28H26N6O3/c1-37-16-15-29-28(36)27(20-9-3-2-4-10-20)34(22-17-21-11-5-6-12-23(21)30-18-22)26(35)19-33-25-14-8-7-13-24(25)31-32-33/h2-14,17-18,27H,15-16,19H2,1H3,(H,29,36). The van der Waals surface area contributed by atoms with Crippen LogP contribution in [0.25, 0.3) is 21.9 Å². The first-order valence-corrected chi connectivity index (χ1v) is 11.9. The lowest BCUT2D eigenvalue weighted by molar-refractivity contribution is -0.127. The number of carbonyl (C=O) groups is 2. The van der Waals surface area contributed by atoms with Crippen molar-refractivity contribution in [2.75, 3.05) is 25.2 Å². The minimum Gasteiger partial charge on any atom is -0.383 e. The van der Waals surface area contributed by atoms with Gasteiger partial charge in [-0.3, -0.25) is 19.5 Å².